The van der Waals surface area contributed by atoms with E-state index in [0.29, 0.717) is 5.92 Å². The van der Waals surface area contributed by atoms with Crippen LogP contribution >= 0.6 is 11.6 Å². The van der Waals surface area contributed by atoms with E-state index in [4.69, 9.17) is 17.3 Å². The maximum absolute atomic E-state index is 6.12. The van der Waals surface area contributed by atoms with Gasteiger partial charge in [0.2, 0.25) is 0 Å². The third-order valence-electron chi connectivity index (χ3n) is 4.76. The topological polar surface area (TPSA) is 29.3 Å². The van der Waals surface area contributed by atoms with Crippen LogP contribution < -0.4 is 10.6 Å². The zero-order chi connectivity index (χ0) is 15.7. The van der Waals surface area contributed by atoms with Gasteiger partial charge in [0, 0.05) is 29.5 Å². The molecule has 0 aliphatic carbocycles. The van der Waals surface area contributed by atoms with Gasteiger partial charge in [0.15, 0.2) is 0 Å². The van der Waals surface area contributed by atoms with Crippen molar-refractivity contribution in [3.05, 3.63) is 58.1 Å². The van der Waals surface area contributed by atoms with Crippen molar-refractivity contribution >= 4 is 23.0 Å². The van der Waals surface area contributed by atoms with Gasteiger partial charge < -0.3 is 10.6 Å². The van der Waals surface area contributed by atoms with Gasteiger partial charge in [-0.05, 0) is 73.6 Å². The molecule has 1 saturated heterocycles. The number of hydrogen-bond acceptors (Lipinski definition) is 2. The molecule has 2 nitrogen and oxygen atoms in total. The minimum atomic E-state index is 0.617. The minimum Gasteiger partial charge on any atom is -0.398 e. The Morgan fingerprint density at radius 1 is 1.05 bits per heavy atom. The fraction of sp³-hybridized carbons (Fsp3) is 0.368. The number of hydrogen-bond donors (Lipinski definition) is 1. The molecule has 116 valence electrons. The number of piperidine rings is 1. The van der Waals surface area contributed by atoms with Crippen molar-refractivity contribution in [2.75, 3.05) is 23.7 Å². The summed E-state index contributed by atoms with van der Waals surface area (Å²) in [6.07, 6.45) is 2.34. The van der Waals surface area contributed by atoms with Crippen LogP contribution in [0.1, 0.15) is 35.4 Å². The molecule has 1 fully saturated rings. The van der Waals surface area contributed by atoms with E-state index in [2.05, 4.69) is 49.1 Å². The highest BCUT2D eigenvalue weighted by molar-refractivity contribution is 6.30. The van der Waals surface area contributed by atoms with Gasteiger partial charge in [0.25, 0.3) is 0 Å². The predicted octanol–water partition coefficient (Wildman–Crippen LogP) is 4.92. The van der Waals surface area contributed by atoms with Crippen molar-refractivity contribution in [2.45, 2.75) is 32.6 Å². The van der Waals surface area contributed by atoms with Gasteiger partial charge in [-0.2, -0.15) is 0 Å². The lowest BCUT2D eigenvalue weighted by Gasteiger charge is -2.34. The van der Waals surface area contributed by atoms with Crippen molar-refractivity contribution in [1.29, 1.82) is 0 Å². The monoisotopic (exact) mass is 314 g/mol. The van der Waals surface area contributed by atoms with Crippen LogP contribution in [0.3, 0.4) is 0 Å². The molecule has 0 atom stereocenters. The van der Waals surface area contributed by atoms with E-state index >= 15 is 0 Å². The second-order valence-corrected chi connectivity index (χ2v) is 6.75. The molecular formula is C19H23ClN2. The minimum absolute atomic E-state index is 0.617. The lowest BCUT2D eigenvalue weighted by Crippen LogP contribution is -2.33. The molecule has 0 radical (unpaired) electrons. The third kappa shape index (κ3) is 3.07. The van der Waals surface area contributed by atoms with Crippen molar-refractivity contribution in [3.63, 3.8) is 0 Å². The van der Waals surface area contributed by atoms with E-state index in [1.165, 1.54) is 35.2 Å². The molecule has 2 N–H and O–H groups in total. The molecule has 0 bridgehead atoms. The number of nitrogens with two attached hydrogens (primary N) is 1. The summed E-state index contributed by atoms with van der Waals surface area (Å²) in [7, 11) is 0. The number of halogens is 1. The van der Waals surface area contributed by atoms with Crippen LogP contribution in [0.5, 0.6) is 0 Å². The van der Waals surface area contributed by atoms with E-state index in [1.807, 2.05) is 6.07 Å². The number of nitrogen functional groups attached to an aromatic ring is 1. The average molecular weight is 315 g/mol. The number of nitrogens with zero attached hydrogens (tertiary/aromatic N) is 1. The second kappa shape index (κ2) is 6.21. The van der Waals surface area contributed by atoms with Crippen LogP contribution in [0.4, 0.5) is 11.4 Å². The molecule has 3 heteroatoms. The van der Waals surface area contributed by atoms with Gasteiger partial charge in [-0.15, -0.1) is 0 Å². The molecule has 1 heterocycles. The van der Waals surface area contributed by atoms with Crippen LogP contribution in [-0.2, 0) is 0 Å². The quantitative estimate of drug-likeness (QED) is 0.797. The third-order valence-corrected chi connectivity index (χ3v) is 4.99. The van der Waals surface area contributed by atoms with Crippen LogP contribution in [0.2, 0.25) is 5.02 Å². The summed E-state index contributed by atoms with van der Waals surface area (Å²) >= 11 is 6.12. The average Bonchev–Trinajstić information content (AvgIpc) is 2.52. The Morgan fingerprint density at radius 2 is 1.68 bits per heavy atom. The molecule has 2 aromatic rings. The molecule has 0 saturated carbocycles. The number of aryl methyl sites for hydroxylation is 2. The summed E-state index contributed by atoms with van der Waals surface area (Å²) in [4.78, 5) is 2.47. The second-order valence-electron chi connectivity index (χ2n) is 6.31. The standard InChI is InChI=1S/C19H23ClN2/c1-13-10-18(11-14(2)19(13)21)22-8-6-15(7-9-22)16-4-3-5-17(20)12-16/h3-5,10-12,15H,6-9,21H2,1-2H3. The lowest BCUT2D eigenvalue weighted by molar-refractivity contribution is 0.505. The smallest absolute Gasteiger partial charge is 0.0408 e. The number of anilines is 2. The summed E-state index contributed by atoms with van der Waals surface area (Å²) in [5.41, 5.74) is 12.0. The maximum Gasteiger partial charge on any atom is 0.0408 e. The van der Waals surface area contributed by atoms with Crippen molar-refractivity contribution in [1.82, 2.24) is 0 Å². The van der Waals surface area contributed by atoms with Gasteiger partial charge in [0.05, 0.1) is 0 Å². The first kappa shape index (κ1) is 15.2. The summed E-state index contributed by atoms with van der Waals surface area (Å²) in [6, 6.07) is 12.7. The van der Waals surface area contributed by atoms with Crippen LogP contribution in [0.25, 0.3) is 0 Å². The summed E-state index contributed by atoms with van der Waals surface area (Å²) in [6.45, 7) is 6.34. The van der Waals surface area contributed by atoms with E-state index in [1.54, 1.807) is 0 Å². The summed E-state index contributed by atoms with van der Waals surface area (Å²) in [5.74, 6) is 0.617. The van der Waals surface area contributed by atoms with Gasteiger partial charge in [0.1, 0.15) is 0 Å². The fourth-order valence-electron chi connectivity index (χ4n) is 3.37. The lowest BCUT2D eigenvalue weighted by atomic mass is 9.89. The maximum atomic E-state index is 6.12. The number of rotatable bonds is 2. The Hall–Kier alpha value is -1.67. The molecule has 22 heavy (non-hydrogen) atoms. The molecule has 0 aromatic heterocycles. The van der Waals surface area contributed by atoms with Gasteiger partial charge in [-0.3, -0.25) is 0 Å². The fourth-order valence-corrected chi connectivity index (χ4v) is 3.56. The Morgan fingerprint density at radius 3 is 2.27 bits per heavy atom. The Labute approximate surface area is 137 Å². The molecule has 3 rings (SSSR count). The van der Waals surface area contributed by atoms with Gasteiger partial charge >= 0.3 is 0 Å². The van der Waals surface area contributed by atoms with Crippen molar-refractivity contribution in [3.8, 4) is 0 Å². The first-order valence-electron chi connectivity index (χ1n) is 7.91. The van der Waals surface area contributed by atoms with E-state index < -0.39 is 0 Å². The molecule has 1 aliphatic rings. The summed E-state index contributed by atoms with van der Waals surface area (Å²) < 4.78 is 0. The van der Waals surface area contributed by atoms with Crippen molar-refractivity contribution in [2.24, 2.45) is 0 Å². The molecule has 0 amide bonds. The highest BCUT2D eigenvalue weighted by atomic mass is 35.5. The van der Waals surface area contributed by atoms with E-state index in [0.717, 1.165) is 23.8 Å². The molecule has 2 aromatic carbocycles. The Balaban J connectivity index is 1.72. The van der Waals surface area contributed by atoms with Gasteiger partial charge in [-0.25, -0.2) is 0 Å². The normalized spacial score (nSPS) is 16.0. The van der Waals surface area contributed by atoms with E-state index in [-0.39, 0.29) is 0 Å². The first-order valence-corrected chi connectivity index (χ1v) is 8.29. The molecular weight excluding hydrogens is 292 g/mol. The zero-order valence-electron chi connectivity index (χ0n) is 13.3. The zero-order valence-corrected chi connectivity index (χ0v) is 14.0. The predicted molar refractivity (Wildman–Crippen MR) is 96.0 cm³/mol. The highest BCUT2D eigenvalue weighted by Crippen LogP contribution is 2.33. The van der Waals surface area contributed by atoms with Gasteiger partial charge in [-0.1, -0.05) is 23.7 Å². The number of benzene rings is 2. The Bertz CT molecular complexity index is 650. The first-order chi connectivity index (χ1) is 10.5. The molecule has 1 aliphatic heterocycles. The van der Waals surface area contributed by atoms with Crippen molar-refractivity contribution < 1.29 is 0 Å². The Kier molecular flexibility index (Phi) is 4.30. The summed E-state index contributed by atoms with van der Waals surface area (Å²) in [5, 5.41) is 0.838. The molecule has 0 unspecified atom stereocenters. The van der Waals surface area contributed by atoms with Crippen LogP contribution in [0, 0.1) is 13.8 Å². The highest BCUT2D eigenvalue weighted by Gasteiger charge is 2.21. The van der Waals surface area contributed by atoms with E-state index in [9.17, 15) is 0 Å². The van der Waals surface area contributed by atoms with Crippen LogP contribution in [0.15, 0.2) is 36.4 Å². The SMILES string of the molecule is Cc1cc(N2CCC(c3cccc(Cl)c3)CC2)cc(C)c1N. The largest absolute Gasteiger partial charge is 0.398 e. The van der Waals surface area contributed by atoms with Crippen LogP contribution in [-0.4, -0.2) is 13.1 Å². The molecule has 0 spiro atoms.